The normalized spacial score (nSPS) is 12.8. The lowest BCUT2D eigenvalue weighted by atomic mass is 9.97. The van der Waals surface area contributed by atoms with E-state index in [-0.39, 0.29) is 0 Å². The number of rotatable bonds is 6. The zero-order valence-corrected chi connectivity index (χ0v) is 12.0. The fourth-order valence-corrected chi connectivity index (χ4v) is 2.30. The van der Waals surface area contributed by atoms with Crippen LogP contribution in [0.1, 0.15) is 43.4 Å². The fraction of sp³-hybridized carbons (Fsp3) is 0.412. The van der Waals surface area contributed by atoms with Gasteiger partial charge >= 0.3 is 0 Å². The summed E-state index contributed by atoms with van der Waals surface area (Å²) >= 11 is 0. The van der Waals surface area contributed by atoms with Crippen molar-refractivity contribution in [3.05, 3.63) is 59.5 Å². The van der Waals surface area contributed by atoms with Gasteiger partial charge in [0.25, 0.3) is 0 Å². The highest BCUT2D eigenvalue weighted by molar-refractivity contribution is 5.19. The van der Waals surface area contributed by atoms with Gasteiger partial charge in [-0.25, -0.2) is 0 Å². The van der Waals surface area contributed by atoms with Crippen LogP contribution in [0.25, 0.3) is 0 Å². The van der Waals surface area contributed by atoms with Crippen molar-refractivity contribution in [2.75, 3.05) is 0 Å². The van der Waals surface area contributed by atoms with Gasteiger partial charge in [-0.3, -0.25) is 0 Å². The van der Waals surface area contributed by atoms with Crippen LogP contribution in [0.4, 0.5) is 0 Å². The highest BCUT2D eigenvalue weighted by Crippen LogP contribution is 2.21. The molecule has 0 saturated carbocycles. The van der Waals surface area contributed by atoms with Crippen LogP contribution in [0.5, 0.6) is 0 Å². The minimum absolute atomic E-state index is 0.381. The maximum Gasteiger partial charge on any atom is 0.117 e. The molecule has 1 aromatic heterocycles. The van der Waals surface area contributed by atoms with Crippen molar-refractivity contribution < 1.29 is 4.42 Å². The van der Waals surface area contributed by atoms with Gasteiger partial charge in [0, 0.05) is 6.04 Å². The summed E-state index contributed by atoms with van der Waals surface area (Å²) in [5.41, 5.74) is 1.35. The number of aryl methyl sites for hydroxylation is 1. The van der Waals surface area contributed by atoms with E-state index < -0.39 is 0 Å². The second kappa shape index (κ2) is 6.58. The number of hydrogen-bond acceptors (Lipinski definition) is 2. The maximum atomic E-state index is 5.61. The fourth-order valence-electron chi connectivity index (χ4n) is 2.30. The number of furan rings is 1. The van der Waals surface area contributed by atoms with E-state index in [2.05, 4.69) is 49.5 Å². The van der Waals surface area contributed by atoms with Crippen LogP contribution < -0.4 is 5.32 Å². The highest BCUT2D eigenvalue weighted by atomic mass is 16.3. The summed E-state index contributed by atoms with van der Waals surface area (Å²) < 4.78 is 5.61. The molecule has 2 aromatic rings. The van der Waals surface area contributed by atoms with Gasteiger partial charge in [0.2, 0.25) is 0 Å². The molecular weight excluding hydrogens is 234 g/mol. The quantitative estimate of drug-likeness (QED) is 0.826. The number of hydrogen-bond donors (Lipinski definition) is 1. The van der Waals surface area contributed by atoms with Crippen LogP contribution in [0.2, 0.25) is 0 Å². The third kappa shape index (κ3) is 4.25. The van der Waals surface area contributed by atoms with Crippen molar-refractivity contribution in [2.24, 2.45) is 5.92 Å². The average molecular weight is 257 g/mol. The molecule has 0 aliphatic heterocycles. The van der Waals surface area contributed by atoms with E-state index in [0.717, 1.165) is 24.5 Å². The molecular formula is C17H23NO. The predicted octanol–water partition coefficient (Wildman–Crippen LogP) is 4.47. The van der Waals surface area contributed by atoms with Gasteiger partial charge in [-0.2, -0.15) is 0 Å². The van der Waals surface area contributed by atoms with Crippen LogP contribution >= 0.6 is 0 Å². The monoisotopic (exact) mass is 257 g/mol. The number of benzene rings is 1. The Hall–Kier alpha value is -1.54. The standard InChI is InChI=1S/C17H23NO/c1-13(2)11-17(15-7-5-4-6-8-15)18-12-16-10-9-14(3)19-16/h4-10,13,17-18H,11-12H2,1-3H3. The lowest BCUT2D eigenvalue weighted by Gasteiger charge is -2.20. The average Bonchev–Trinajstić information content (AvgIpc) is 2.81. The first-order valence-electron chi connectivity index (χ1n) is 6.99. The van der Waals surface area contributed by atoms with Crippen LogP contribution in [0, 0.1) is 12.8 Å². The van der Waals surface area contributed by atoms with Gasteiger partial charge in [-0.15, -0.1) is 0 Å². The molecule has 0 spiro atoms. The molecule has 2 nitrogen and oxygen atoms in total. The van der Waals surface area contributed by atoms with E-state index in [1.165, 1.54) is 5.56 Å². The van der Waals surface area contributed by atoms with Crippen LogP contribution in [0.3, 0.4) is 0 Å². The smallest absolute Gasteiger partial charge is 0.117 e. The first-order valence-corrected chi connectivity index (χ1v) is 6.99. The molecule has 1 aromatic carbocycles. The molecule has 1 heterocycles. The Bertz CT molecular complexity index is 487. The zero-order chi connectivity index (χ0) is 13.7. The zero-order valence-electron chi connectivity index (χ0n) is 12.0. The third-order valence-electron chi connectivity index (χ3n) is 3.23. The molecule has 1 N–H and O–H groups in total. The van der Waals surface area contributed by atoms with Crippen LogP contribution in [0.15, 0.2) is 46.9 Å². The Morgan fingerprint density at radius 1 is 1.05 bits per heavy atom. The summed E-state index contributed by atoms with van der Waals surface area (Å²) in [5, 5.41) is 3.60. The second-order valence-corrected chi connectivity index (χ2v) is 5.49. The Morgan fingerprint density at radius 2 is 1.79 bits per heavy atom. The second-order valence-electron chi connectivity index (χ2n) is 5.49. The van der Waals surface area contributed by atoms with Crippen molar-refractivity contribution in [3.8, 4) is 0 Å². The van der Waals surface area contributed by atoms with Gasteiger partial charge in [-0.05, 0) is 37.0 Å². The van der Waals surface area contributed by atoms with Gasteiger partial charge in [0.15, 0.2) is 0 Å². The van der Waals surface area contributed by atoms with E-state index in [9.17, 15) is 0 Å². The SMILES string of the molecule is Cc1ccc(CNC(CC(C)C)c2ccccc2)o1. The molecule has 0 saturated heterocycles. The Labute approximate surface area is 115 Å². The Kier molecular flexibility index (Phi) is 4.80. The summed E-state index contributed by atoms with van der Waals surface area (Å²) in [6.07, 6.45) is 1.13. The van der Waals surface area contributed by atoms with E-state index in [4.69, 9.17) is 4.42 Å². The van der Waals surface area contributed by atoms with Crippen LogP contribution in [-0.4, -0.2) is 0 Å². The van der Waals surface area contributed by atoms with Gasteiger partial charge < -0.3 is 9.73 Å². The highest BCUT2D eigenvalue weighted by Gasteiger charge is 2.13. The third-order valence-corrected chi connectivity index (χ3v) is 3.23. The van der Waals surface area contributed by atoms with Crippen molar-refractivity contribution in [1.82, 2.24) is 5.32 Å². The van der Waals surface area contributed by atoms with E-state index >= 15 is 0 Å². The van der Waals surface area contributed by atoms with Crippen LogP contribution in [-0.2, 0) is 6.54 Å². The lowest BCUT2D eigenvalue weighted by Crippen LogP contribution is -2.22. The van der Waals surface area contributed by atoms with Gasteiger partial charge in [-0.1, -0.05) is 44.2 Å². The number of nitrogens with one attached hydrogen (secondary N) is 1. The Balaban J connectivity index is 2.02. The molecule has 1 atom stereocenters. The van der Waals surface area contributed by atoms with Gasteiger partial charge in [0.05, 0.1) is 6.54 Å². The van der Waals surface area contributed by atoms with E-state index in [0.29, 0.717) is 12.0 Å². The molecule has 102 valence electrons. The van der Waals surface area contributed by atoms with Crippen molar-refractivity contribution in [1.29, 1.82) is 0 Å². The summed E-state index contributed by atoms with van der Waals surface area (Å²) in [5.74, 6) is 2.63. The minimum atomic E-state index is 0.381. The maximum absolute atomic E-state index is 5.61. The largest absolute Gasteiger partial charge is 0.465 e. The van der Waals surface area contributed by atoms with Crippen molar-refractivity contribution in [2.45, 2.75) is 39.8 Å². The molecule has 2 heteroatoms. The summed E-state index contributed by atoms with van der Waals surface area (Å²) in [4.78, 5) is 0. The molecule has 0 aliphatic rings. The summed E-state index contributed by atoms with van der Waals surface area (Å²) in [6, 6.07) is 15.1. The molecule has 0 fully saturated rings. The Morgan fingerprint density at radius 3 is 2.37 bits per heavy atom. The first kappa shape index (κ1) is 13.9. The van der Waals surface area contributed by atoms with Crippen molar-refractivity contribution in [3.63, 3.8) is 0 Å². The van der Waals surface area contributed by atoms with E-state index in [1.807, 2.05) is 19.1 Å². The molecule has 0 aliphatic carbocycles. The molecule has 2 rings (SSSR count). The predicted molar refractivity (Wildman–Crippen MR) is 78.9 cm³/mol. The molecule has 0 radical (unpaired) electrons. The van der Waals surface area contributed by atoms with E-state index in [1.54, 1.807) is 0 Å². The van der Waals surface area contributed by atoms with Gasteiger partial charge in [0.1, 0.15) is 11.5 Å². The minimum Gasteiger partial charge on any atom is -0.465 e. The molecule has 0 amide bonds. The molecule has 1 unspecified atom stereocenters. The lowest BCUT2D eigenvalue weighted by molar-refractivity contribution is 0.395. The molecule has 19 heavy (non-hydrogen) atoms. The summed E-state index contributed by atoms with van der Waals surface area (Å²) in [7, 11) is 0. The molecule has 0 bridgehead atoms. The summed E-state index contributed by atoms with van der Waals surface area (Å²) in [6.45, 7) is 7.27. The van der Waals surface area contributed by atoms with Crippen molar-refractivity contribution >= 4 is 0 Å². The first-order chi connectivity index (χ1) is 9.15. The topological polar surface area (TPSA) is 25.2 Å².